The van der Waals surface area contributed by atoms with Crippen LogP contribution in [0, 0.1) is 11.8 Å². The summed E-state index contributed by atoms with van der Waals surface area (Å²) in [5.41, 5.74) is 1.03. The van der Waals surface area contributed by atoms with E-state index >= 15 is 0 Å². The lowest BCUT2D eigenvalue weighted by molar-refractivity contribution is -0.119. The van der Waals surface area contributed by atoms with Gasteiger partial charge in [-0.2, -0.15) is 0 Å². The Morgan fingerprint density at radius 3 is 3.00 bits per heavy atom. The van der Waals surface area contributed by atoms with Crippen LogP contribution in [0.25, 0.3) is 10.2 Å². The predicted octanol–water partition coefficient (Wildman–Crippen LogP) is 3.69. The lowest BCUT2D eigenvalue weighted by atomic mass is 9.95. The molecule has 5 heteroatoms. The van der Waals surface area contributed by atoms with Crippen LogP contribution in [-0.4, -0.2) is 22.7 Å². The Hall–Kier alpha value is -1.07. The number of carbonyl (C=O) groups is 1. The molecule has 2 aromatic rings. The number of nitrogens with one attached hydrogen (secondary N) is 1. The summed E-state index contributed by atoms with van der Waals surface area (Å²) in [6.07, 6.45) is 5.20. The van der Waals surface area contributed by atoms with Crippen molar-refractivity contribution in [2.45, 2.75) is 36.1 Å². The molecule has 1 N–H and O–H groups in total. The van der Waals surface area contributed by atoms with Crippen molar-refractivity contribution in [3.8, 4) is 0 Å². The fourth-order valence-corrected chi connectivity index (χ4v) is 5.59. The number of aromatic nitrogens is 1. The summed E-state index contributed by atoms with van der Waals surface area (Å²) in [6, 6.07) is 8.56. The van der Waals surface area contributed by atoms with Crippen LogP contribution in [0.4, 0.5) is 0 Å². The number of benzene rings is 1. The second-order valence-electron chi connectivity index (χ2n) is 6.09. The number of rotatable bonds is 4. The Morgan fingerprint density at radius 1 is 1.33 bits per heavy atom. The molecular formula is C16H18N2OS2. The van der Waals surface area contributed by atoms with Crippen molar-refractivity contribution in [1.82, 2.24) is 10.3 Å². The Bertz CT molecular complexity index is 636. The third-order valence-corrected chi connectivity index (χ3v) is 6.86. The first kappa shape index (κ1) is 13.6. The van der Waals surface area contributed by atoms with Crippen molar-refractivity contribution >= 4 is 39.2 Å². The average molecular weight is 318 g/mol. The zero-order chi connectivity index (χ0) is 14.2. The highest BCUT2D eigenvalue weighted by Crippen LogP contribution is 2.44. The molecule has 2 saturated carbocycles. The molecule has 110 valence electrons. The monoisotopic (exact) mass is 318 g/mol. The first-order chi connectivity index (χ1) is 10.3. The number of hydrogen-bond donors (Lipinski definition) is 1. The van der Waals surface area contributed by atoms with Crippen LogP contribution in [0.15, 0.2) is 28.6 Å². The van der Waals surface area contributed by atoms with Crippen LogP contribution in [0.2, 0.25) is 0 Å². The summed E-state index contributed by atoms with van der Waals surface area (Å²) in [4.78, 5) is 16.7. The van der Waals surface area contributed by atoms with E-state index in [1.807, 2.05) is 18.2 Å². The molecule has 2 fully saturated rings. The Labute approximate surface area is 132 Å². The summed E-state index contributed by atoms with van der Waals surface area (Å²) in [5, 5.41) is 3.23. The van der Waals surface area contributed by atoms with Gasteiger partial charge in [-0.3, -0.25) is 4.79 Å². The summed E-state index contributed by atoms with van der Waals surface area (Å²) in [6.45, 7) is 0. The molecule has 0 saturated heterocycles. The highest BCUT2D eigenvalue weighted by Gasteiger charge is 2.39. The molecule has 0 unspecified atom stereocenters. The molecule has 3 nitrogen and oxygen atoms in total. The van der Waals surface area contributed by atoms with Gasteiger partial charge >= 0.3 is 0 Å². The SMILES string of the molecule is O=C(CSc1nc2ccccc2s1)N[C@H]1C[C@H]2CC[C@H]1C2. The fourth-order valence-electron chi connectivity index (χ4n) is 3.71. The Kier molecular flexibility index (Phi) is 3.63. The zero-order valence-corrected chi connectivity index (χ0v) is 13.4. The molecule has 0 spiro atoms. The molecule has 1 aromatic heterocycles. The van der Waals surface area contributed by atoms with Gasteiger partial charge in [-0.05, 0) is 43.2 Å². The molecule has 21 heavy (non-hydrogen) atoms. The predicted molar refractivity (Wildman–Crippen MR) is 87.7 cm³/mol. The van der Waals surface area contributed by atoms with Crippen molar-refractivity contribution in [2.75, 3.05) is 5.75 Å². The largest absolute Gasteiger partial charge is 0.352 e. The van der Waals surface area contributed by atoms with Gasteiger partial charge in [0.05, 0.1) is 16.0 Å². The molecule has 4 rings (SSSR count). The molecule has 1 aromatic carbocycles. The molecule has 0 aliphatic heterocycles. The van der Waals surface area contributed by atoms with E-state index in [-0.39, 0.29) is 5.91 Å². The lowest BCUT2D eigenvalue weighted by Crippen LogP contribution is -2.39. The van der Waals surface area contributed by atoms with Crippen LogP contribution in [0.1, 0.15) is 25.7 Å². The number of thioether (sulfide) groups is 1. The van der Waals surface area contributed by atoms with Gasteiger partial charge in [-0.15, -0.1) is 11.3 Å². The summed E-state index contributed by atoms with van der Waals surface area (Å²) in [5.74, 6) is 2.26. The number of amides is 1. The van der Waals surface area contributed by atoms with Gasteiger partial charge in [0.15, 0.2) is 4.34 Å². The van der Waals surface area contributed by atoms with E-state index in [4.69, 9.17) is 0 Å². The van der Waals surface area contributed by atoms with Gasteiger partial charge < -0.3 is 5.32 Å². The number of para-hydroxylation sites is 1. The van der Waals surface area contributed by atoms with Crippen LogP contribution >= 0.6 is 23.1 Å². The molecule has 2 bridgehead atoms. The minimum absolute atomic E-state index is 0.164. The summed E-state index contributed by atoms with van der Waals surface area (Å²) in [7, 11) is 0. The molecule has 3 atom stereocenters. The maximum absolute atomic E-state index is 12.1. The van der Waals surface area contributed by atoms with Crippen molar-refractivity contribution < 1.29 is 4.79 Å². The van der Waals surface area contributed by atoms with Crippen molar-refractivity contribution in [1.29, 1.82) is 0 Å². The van der Waals surface area contributed by atoms with E-state index in [2.05, 4.69) is 16.4 Å². The van der Waals surface area contributed by atoms with Crippen molar-refractivity contribution in [3.05, 3.63) is 24.3 Å². The lowest BCUT2D eigenvalue weighted by Gasteiger charge is -2.22. The molecule has 1 heterocycles. The van der Waals surface area contributed by atoms with E-state index in [0.717, 1.165) is 21.7 Å². The minimum Gasteiger partial charge on any atom is -0.352 e. The van der Waals surface area contributed by atoms with Crippen molar-refractivity contribution in [3.63, 3.8) is 0 Å². The minimum atomic E-state index is 0.164. The van der Waals surface area contributed by atoms with Gasteiger partial charge in [0.25, 0.3) is 0 Å². The van der Waals surface area contributed by atoms with Gasteiger partial charge in [-0.1, -0.05) is 30.3 Å². The molecular weight excluding hydrogens is 300 g/mol. The number of nitrogens with zero attached hydrogens (tertiary/aromatic N) is 1. The number of hydrogen-bond acceptors (Lipinski definition) is 4. The smallest absolute Gasteiger partial charge is 0.230 e. The standard InChI is InChI=1S/C16H18N2OS2/c19-15(17-13-8-10-5-6-11(13)7-10)9-20-16-18-12-3-1-2-4-14(12)21-16/h1-4,10-11,13H,5-9H2,(H,17,19)/t10-,11-,13-/m0/s1. The molecule has 1 amide bonds. The molecule has 0 radical (unpaired) electrons. The van der Waals surface area contributed by atoms with Gasteiger partial charge in [-0.25, -0.2) is 4.98 Å². The van der Waals surface area contributed by atoms with E-state index in [1.165, 1.54) is 30.4 Å². The van der Waals surface area contributed by atoms with Crippen LogP contribution in [0.5, 0.6) is 0 Å². The molecule has 2 aliphatic rings. The van der Waals surface area contributed by atoms with E-state index in [9.17, 15) is 4.79 Å². The number of carbonyl (C=O) groups excluding carboxylic acids is 1. The van der Waals surface area contributed by atoms with Crippen LogP contribution < -0.4 is 5.32 Å². The topological polar surface area (TPSA) is 42.0 Å². The van der Waals surface area contributed by atoms with E-state index in [1.54, 1.807) is 23.1 Å². The summed E-state index contributed by atoms with van der Waals surface area (Å²) < 4.78 is 2.17. The molecule has 2 aliphatic carbocycles. The van der Waals surface area contributed by atoms with Crippen LogP contribution in [-0.2, 0) is 4.79 Å². The maximum Gasteiger partial charge on any atom is 0.230 e. The quantitative estimate of drug-likeness (QED) is 0.874. The van der Waals surface area contributed by atoms with Crippen LogP contribution in [0.3, 0.4) is 0 Å². The first-order valence-corrected chi connectivity index (χ1v) is 9.36. The highest BCUT2D eigenvalue weighted by atomic mass is 32.2. The van der Waals surface area contributed by atoms with Gasteiger partial charge in [0.1, 0.15) is 0 Å². The van der Waals surface area contributed by atoms with E-state index in [0.29, 0.717) is 11.8 Å². The second kappa shape index (κ2) is 5.61. The third-order valence-electron chi connectivity index (χ3n) is 4.69. The maximum atomic E-state index is 12.1. The number of fused-ring (bicyclic) bond motifs is 3. The summed E-state index contributed by atoms with van der Waals surface area (Å²) >= 11 is 3.22. The average Bonchev–Trinajstić information content (AvgIpc) is 3.19. The van der Waals surface area contributed by atoms with E-state index < -0.39 is 0 Å². The van der Waals surface area contributed by atoms with Gasteiger partial charge in [0, 0.05) is 6.04 Å². The second-order valence-corrected chi connectivity index (χ2v) is 8.34. The van der Waals surface area contributed by atoms with Gasteiger partial charge in [0.2, 0.25) is 5.91 Å². The number of thiazole rings is 1. The Balaban J connectivity index is 1.32. The fraction of sp³-hybridized carbons (Fsp3) is 0.500. The third kappa shape index (κ3) is 2.81. The Morgan fingerprint density at radius 2 is 2.24 bits per heavy atom. The van der Waals surface area contributed by atoms with Crippen molar-refractivity contribution in [2.24, 2.45) is 11.8 Å². The first-order valence-electron chi connectivity index (χ1n) is 7.55. The normalized spacial score (nSPS) is 27.3. The zero-order valence-electron chi connectivity index (χ0n) is 11.7. The highest BCUT2D eigenvalue weighted by molar-refractivity contribution is 8.01.